The molecule has 0 bridgehead atoms. The molecule has 0 radical (unpaired) electrons. The van der Waals surface area contributed by atoms with Crippen LogP contribution < -0.4 is 10.6 Å². The van der Waals surface area contributed by atoms with Gasteiger partial charge in [-0.1, -0.05) is 17.7 Å². The molecule has 1 aliphatic heterocycles. The smallest absolute Gasteiger partial charge is 0.251 e. The van der Waals surface area contributed by atoms with Crippen LogP contribution in [-0.2, 0) is 0 Å². The van der Waals surface area contributed by atoms with Crippen LogP contribution in [0.5, 0.6) is 0 Å². The lowest BCUT2D eigenvalue weighted by Gasteiger charge is -2.15. The Balaban J connectivity index is 1.96. The maximum atomic E-state index is 12.0. The molecule has 0 aliphatic carbocycles. The second-order valence-electron chi connectivity index (χ2n) is 4.36. The number of nitrogens with one attached hydrogen (secondary N) is 2. The van der Waals surface area contributed by atoms with Crippen LogP contribution in [-0.4, -0.2) is 25.0 Å². The third kappa shape index (κ3) is 3.72. The van der Waals surface area contributed by atoms with Gasteiger partial charge in [0, 0.05) is 16.6 Å². The fraction of sp³-hybridized carbons (Fsp3) is 0.462. The molecular formula is C13H17ClN2O. The highest BCUT2D eigenvalue weighted by atomic mass is 35.5. The van der Waals surface area contributed by atoms with Crippen molar-refractivity contribution >= 4 is 17.5 Å². The molecule has 2 rings (SSSR count). The normalized spacial score (nSPS) is 20.6. The van der Waals surface area contributed by atoms with Crippen LogP contribution >= 0.6 is 11.6 Å². The topological polar surface area (TPSA) is 41.1 Å². The van der Waals surface area contributed by atoms with Crippen molar-refractivity contribution < 1.29 is 4.79 Å². The standard InChI is InChI=1S/C13H17ClN2O/c14-11-4-1-3-10(9-11)13(17)16-12-5-2-7-15-8-6-12/h1,3-4,9,12,15H,2,5-8H2,(H,16,17). The molecule has 1 aromatic carbocycles. The number of benzene rings is 1. The van der Waals surface area contributed by atoms with Gasteiger partial charge in [0.15, 0.2) is 0 Å². The Morgan fingerprint density at radius 1 is 1.35 bits per heavy atom. The van der Waals surface area contributed by atoms with Gasteiger partial charge in [-0.05, 0) is 50.6 Å². The largest absolute Gasteiger partial charge is 0.349 e. The van der Waals surface area contributed by atoms with Gasteiger partial charge in [-0.2, -0.15) is 0 Å². The van der Waals surface area contributed by atoms with Crippen LogP contribution in [0.3, 0.4) is 0 Å². The van der Waals surface area contributed by atoms with Crippen molar-refractivity contribution in [3.63, 3.8) is 0 Å². The van der Waals surface area contributed by atoms with Crippen LogP contribution in [0.4, 0.5) is 0 Å². The molecule has 1 fully saturated rings. The van der Waals surface area contributed by atoms with Crippen LogP contribution in [0.25, 0.3) is 0 Å². The van der Waals surface area contributed by atoms with E-state index >= 15 is 0 Å². The summed E-state index contributed by atoms with van der Waals surface area (Å²) in [6, 6.07) is 7.33. The molecule has 17 heavy (non-hydrogen) atoms. The van der Waals surface area contributed by atoms with Gasteiger partial charge in [-0.25, -0.2) is 0 Å². The number of hydrogen-bond acceptors (Lipinski definition) is 2. The molecule has 1 atom stereocenters. The van der Waals surface area contributed by atoms with Crippen LogP contribution in [0.2, 0.25) is 5.02 Å². The molecule has 1 saturated heterocycles. The van der Waals surface area contributed by atoms with E-state index in [1.807, 2.05) is 0 Å². The van der Waals surface area contributed by atoms with E-state index in [1.165, 1.54) is 0 Å². The zero-order valence-electron chi connectivity index (χ0n) is 9.71. The first-order chi connectivity index (χ1) is 8.25. The molecular weight excluding hydrogens is 236 g/mol. The van der Waals surface area contributed by atoms with Crippen molar-refractivity contribution in [3.05, 3.63) is 34.9 Å². The minimum Gasteiger partial charge on any atom is -0.349 e. The number of carbonyl (C=O) groups excluding carboxylic acids is 1. The van der Waals surface area contributed by atoms with Crippen molar-refractivity contribution in [1.82, 2.24) is 10.6 Å². The fourth-order valence-corrected chi connectivity index (χ4v) is 2.25. The summed E-state index contributed by atoms with van der Waals surface area (Å²) in [4.78, 5) is 12.0. The molecule has 0 saturated carbocycles. The number of halogens is 1. The van der Waals surface area contributed by atoms with Crippen LogP contribution in [0.15, 0.2) is 24.3 Å². The zero-order chi connectivity index (χ0) is 12.1. The predicted molar refractivity (Wildman–Crippen MR) is 69.4 cm³/mol. The molecule has 0 aromatic heterocycles. The lowest BCUT2D eigenvalue weighted by Crippen LogP contribution is -2.35. The monoisotopic (exact) mass is 252 g/mol. The van der Waals surface area contributed by atoms with Gasteiger partial charge >= 0.3 is 0 Å². The average molecular weight is 253 g/mol. The van der Waals surface area contributed by atoms with Crippen molar-refractivity contribution in [3.8, 4) is 0 Å². The average Bonchev–Trinajstić information content (AvgIpc) is 2.57. The van der Waals surface area contributed by atoms with Gasteiger partial charge in [0.05, 0.1) is 0 Å². The lowest BCUT2D eigenvalue weighted by atomic mass is 10.1. The highest BCUT2D eigenvalue weighted by Crippen LogP contribution is 2.12. The second kappa shape index (κ2) is 6.03. The Bertz CT molecular complexity index is 387. The first-order valence-corrected chi connectivity index (χ1v) is 6.40. The van der Waals surface area contributed by atoms with E-state index in [-0.39, 0.29) is 11.9 Å². The molecule has 1 aromatic rings. The molecule has 1 heterocycles. The summed E-state index contributed by atoms with van der Waals surface area (Å²) in [5.41, 5.74) is 0.634. The number of rotatable bonds is 2. The number of carbonyl (C=O) groups is 1. The summed E-state index contributed by atoms with van der Waals surface area (Å²) in [6.45, 7) is 2.02. The molecule has 0 spiro atoms. The Morgan fingerprint density at radius 3 is 3.06 bits per heavy atom. The highest BCUT2D eigenvalue weighted by Gasteiger charge is 2.15. The summed E-state index contributed by atoms with van der Waals surface area (Å²) in [7, 11) is 0. The van der Waals surface area contributed by atoms with Crippen molar-refractivity contribution in [2.24, 2.45) is 0 Å². The molecule has 1 amide bonds. The highest BCUT2D eigenvalue weighted by molar-refractivity contribution is 6.30. The molecule has 1 unspecified atom stereocenters. The van der Waals surface area contributed by atoms with E-state index in [0.29, 0.717) is 10.6 Å². The van der Waals surface area contributed by atoms with Gasteiger partial charge in [0.1, 0.15) is 0 Å². The SMILES string of the molecule is O=C(NC1CCCNCC1)c1cccc(Cl)c1. The van der Waals surface area contributed by atoms with E-state index in [9.17, 15) is 4.79 Å². The predicted octanol–water partition coefficient (Wildman–Crippen LogP) is 2.21. The van der Waals surface area contributed by atoms with Crippen molar-refractivity contribution in [2.75, 3.05) is 13.1 Å². The molecule has 92 valence electrons. The van der Waals surface area contributed by atoms with Crippen LogP contribution in [0, 0.1) is 0 Å². The lowest BCUT2D eigenvalue weighted by molar-refractivity contribution is 0.0934. The first kappa shape index (κ1) is 12.4. The molecule has 1 aliphatic rings. The van der Waals surface area contributed by atoms with Gasteiger partial charge in [-0.15, -0.1) is 0 Å². The van der Waals surface area contributed by atoms with Gasteiger partial charge in [-0.3, -0.25) is 4.79 Å². The second-order valence-corrected chi connectivity index (χ2v) is 4.80. The fourth-order valence-electron chi connectivity index (χ4n) is 2.06. The van der Waals surface area contributed by atoms with E-state index in [4.69, 9.17) is 11.6 Å². The first-order valence-electron chi connectivity index (χ1n) is 6.03. The summed E-state index contributed by atoms with van der Waals surface area (Å²) >= 11 is 5.87. The summed E-state index contributed by atoms with van der Waals surface area (Å²) < 4.78 is 0. The molecule has 3 nitrogen and oxygen atoms in total. The molecule has 2 N–H and O–H groups in total. The summed E-state index contributed by atoms with van der Waals surface area (Å²) in [5, 5.41) is 6.99. The van der Waals surface area contributed by atoms with Crippen molar-refractivity contribution in [1.29, 1.82) is 0 Å². The third-order valence-electron chi connectivity index (χ3n) is 3.00. The van der Waals surface area contributed by atoms with Gasteiger partial charge in [0.2, 0.25) is 0 Å². The van der Waals surface area contributed by atoms with E-state index in [2.05, 4.69) is 10.6 Å². The van der Waals surface area contributed by atoms with Gasteiger partial charge < -0.3 is 10.6 Å². The summed E-state index contributed by atoms with van der Waals surface area (Å²) in [6.07, 6.45) is 3.14. The van der Waals surface area contributed by atoms with Gasteiger partial charge in [0.25, 0.3) is 5.91 Å². The van der Waals surface area contributed by atoms with E-state index in [0.717, 1.165) is 32.4 Å². The Labute approximate surface area is 107 Å². The van der Waals surface area contributed by atoms with E-state index in [1.54, 1.807) is 24.3 Å². The maximum Gasteiger partial charge on any atom is 0.251 e. The Kier molecular flexibility index (Phi) is 4.40. The zero-order valence-corrected chi connectivity index (χ0v) is 10.5. The van der Waals surface area contributed by atoms with Crippen LogP contribution in [0.1, 0.15) is 29.6 Å². The minimum atomic E-state index is -0.0283. The molecule has 4 heteroatoms. The quantitative estimate of drug-likeness (QED) is 0.847. The number of hydrogen-bond donors (Lipinski definition) is 2. The minimum absolute atomic E-state index is 0.0283. The Morgan fingerprint density at radius 2 is 2.24 bits per heavy atom. The Hall–Kier alpha value is -1.06. The number of amides is 1. The third-order valence-corrected chi connectivity index (χ3v) is 3.23. The maximum absolute atomic E-state index is 12.0. The van der Waals surface area contributed by atoms with E-state index < -0.39 is 0 Å². The van der Waals surface area contributed by atoms with Crippen molar-refractivity contribution in [2.45, 2.75) is 25.3 Å². The summed E-state index contributed by atoms with van der Waals surface area (Å²) in [5.74, 6) is -0.0283.